The topological polar surface area (TPSA) is 163 Å². The number of fused-ring (bicyclic) bond motifs is 4. The van der Waals surface area contributed by atoms with Gasteiger partial charge in [0.1, 0.15) is 12.6 Å². The van der Waals surface area contributed by atoms with E-state index in [2.05, 4.69) is 9.97 Å². The van der Waals surface area contributed by atoms with Crippen molar-refractivity contribution in [1.82, 2.24) is 19.8 Å². The summed E-state index contributed by atoms with van der Waals surface area (Å²) < 4.78 is 23.1. The van der Waals surface area contributed by atoms with Crippen LogP contribution in [0.3, 0.4) is 0 Å². The lowest BCUT2D eigenvalue weighted by Gasteiger charge is -2.46. The smallest absolute Gasteiger partial charge is 0.404 e. The molecule has 0 radical (unpaired) electrons. The number of aromatic nitrogens is 2. The van der Waals surface area contributed by atoms with Crippen LogP contribution < -0.4 is 5.73 Å². The summed E-state index contributed by atoms with van der Waals surface area (Å²) >= 11 is 4.84. The van der Waals surface area contributed by atoms with E-state index >= 15 is 4.79 Å². The van der Waals surface area contributed by atoms with Crippen molar-refractivity contribution in [3.63, 3.8) is 0 Å². The van der Waals surface area contributed by atoms with Crippen LogP contribution in [0.5, 0.6) is 0 Å². The predicted molar refractivity (Wildman–Crippen MR) is 146 cm³/mol. The molecule has 2 aromatic heterocycles. The number of nitrogens with zero attached hydrogens (tertiary/aromatic N) is 4. The lowest BCUT2D eigenvalue weighted by atomic mass is 9.79. The van der Waals surface area contributed by atoms with Gasteiger partial charge in [0, 0.05) is 49.3 Å². The van der Waals surface area contributed by atoms with E-state index in [1.165, 1.54) is 36.7 Å². The summed E-state index contributed by atoms with van der Waals surface area (Å²) in [5.74, 6) is -4.18. The number of thiazole rings is 2. The van der Waals surface area contributed by atoms with Gasteiger partial charge in [-0.3, -0.25) is 14.4 Å². The van der Waals surface area contributed by atoms with E-state index in [-0.39, 0.29) is 49.6 Å². The van der Waals surface area contributed by atoms with Crippen molar-refractivity contribution < 1.29 is 38.1 Å². The highest BCUT2D eigenvalue weighted by Crippen LogP contribution is 2.66. The van der Waals surface area contributed by atoms with Crippen LogP contribution in [0.4, 0.5) is 4.79 Å². The molecule has 2 N–H and O–H groups in total. The molecule has 4 aliphatic heterocycles. The zero-order chi connectivity index (χ0) is 28.7. The zero-order valence-corrected chi connectivity index (χ0v) is 24.9. The molecule has 13 nitrogen and oxygen atoms in total. The number of ether oxygens (including phenoxy) is 4. The Morgan fingerprint density at radius 2 is 1.76 bits per heavy atom. The van der Waals surface area contributed by atoms with Crippen LogP contribution in [0.2, 0.25) is 0 Å². The second-order valence-electron chi connectivity index (χ2n) is 9.84. The Morgan fingerprint density at radius 1 is 1.12 bits per heavy atom. The number of Topliss-reactive ketones (excluding diaryl/α,β-unsaturated/α-hetero) is 2. The Labute approximate surface area is 249 Å². The van der Waals surface area contributed by atoms with Gasteiger partial charge in [-0.15, -0.1) is 22.7 Å². The van der Waals surface area contributed by atoms with Gasteiger partial charge in [0.2, 0.25) is 21.6 Å². The van der Waals surface area contributed by atoms with E-state index in [0.717, 1.165) is 23.5 Å². The summed E-state index contributed by atoms with van der Waals surface area (Å²) in [5.41, 5.74) is 4.19. The molecule has 2 amide bonds. The number of methoxy groups -OCH3 is 1. The molecule has 0 bridgehead atoms. The number of primary amides is 1. The van der Waals surface area contributed by atoms with Gasteiger partial charge in [-0.05, 0) is 0 Å². The van der Waals surface area contributed by atoms with Crippen LogP contribution in [0.1, 0.15) is 6.92 Å². The number of hydrogen-bond acceptors (Lipinski definition) is 15. The lowest BCUT2D eigenvalue weighted by molar-refractivity contribution is -0.184. The molecule has 6 heterocycles. The number of allylic oxidation sites excluding steroid dienone is 1. The molecule has 4 atom stereocenters. The molecule has 0 saturated carbocycles. The first kappa shape index (κ1) is 27.3. The van der Waals surface area contributed by atoms with Gasteiger partial charge >= 0.3 is 6.09 Å². The minimum atomic E-state index is -2.04. The minimum absolute atomic E-state index is 0.0731. The summed E-state index contributed by atoms with van der Waals surface area (Å²) in [6.07, 6.45) is 2.19. The molecule has 1 spiro atoms. The Bertz CT molecular complexity index is 1440. The molecule has 5 aliphatic rings. The molecule has 3 fully saturated rings. The Morgan fingerprint density at radius 3 is 2.27 bits per heavy atom. The standard InChI is InChI=1S/C24H23N5O8S4/c1-11(30)29-13-9-28-15-14(12(10-35-19(25)33)22(28,34-2)16(13)29)17(31)23(36-5-6-37-23)24(18(15)32,40-20-26-3-7-38-20)41-21-27-4-8-39-21/h3-4,7-8,12-13,16H,5-6,9-10H2,1-2H3,(H2,25,33)/t12-,13+,16+,22-,29?/m1/s1. The van der Waals surface area contributed by atoms with Crippen molar-refractivity contribution in [2.75, 3.05) is 33.5 Å². The fraction of sp³-hybridized carbons (Fsp3) is 0.500. The second kappa shape index (κ2) is 9.48. The maximum Gasteiger partial charge on any atom is 0.404 e. The van der Waals surface area contributed by atoms with Crippen LogP contribution in [-0.4, -0.2) is 104 Å². The third-order valence-electron chi connectivity index (χ3n) is 8.07. The average molecular weight is 638 g/mol. The van der Waals surface area contributed by atoms with Crippen molar-refractivity contribution in [2.24, 2.45) is 11.7 Å². The van der Waals surface area contributed by atoms with E-state index in [0.29, 0.717) is 8.68 Å². The summed E-state index contributed by atoms with van der Waals surface area (Å²) in [6, 6.07) is -0.727. The first-order valence-corrected chi connectivity index (χ1v) is 15.9. The molecule has 17 heteroatoms. The Kier molecular flexibility index (Phi) is 6.32. The van der Waals surface area contributed by atoms with Crippen LogP contribution in [0.15, 0.2) is 43.1 Å². The molecule has 2 aromatic rings. The first-order valence-electron chi connectivity index (χ1n) is 12.5. The Hall–Kier alpha value is -2.54. The normalized spacial score (nSPS) is 30.5. The van der Waals surface area contributed by atoms with Crippen molar-refractivity contribution in [3.8, 4) is 0 Å². The third kappa shape index (κ3) is 3.53. The third-order valence-corrected chi connectivity index (χ3v) is 12.8. The van der Waals surface area contributed by atoms with Gasteiger partial charge in [-0.2, -0.15) is 0 Å². The van der Waals surface area contributed by atoms with Gasteiger partial charge < -0.3 is 34.5 Å². The van der Waals surface area contributed by atoms with E-state index in [1.807, 2.05) is 0 Å². The molecule has 3 saturated heterocycles. The number of rotatable bonds is 7. The summed E-state index contributed by atoms with van der Waals surface area (Å²) in [6.45, 7) is 1.50. The fourth-order valence-corrected chi connectivity index (χ4v) is 11.6. The molecule has 1 aliphatic carbocycles. The molecule has 41 heavy (non-hydrogen) atoms. The number of amides is 2. The van der Waals surface area contributed by atoms with Crippen molar-refractivity contribution >= 4 is 69.8 Å². The highest BCUT2D eigenvalue weighted by Gasteiger charge is 2.82. The molecule has 7 rings (SSSR count). The SMILES string of the molecule is CO[C@@]12[C@H](COC(N)=O)C3=C(C(=O)C(Sc4nccs4)(Sc4nccs4)C4(OCCO4)C3=O)N1C[C@H]1[C@@H]2N1C(C)=O. The highest BCUT2D eigenvalue weighted by molar-refractivity contribution is 8.20. The lowest BCUT2D eigenvalue weighted by Crippen LogP contribution is -2.65. The predicted octanol–water partition coefficient (Wildman–Crippen LogP) is 1.31. The molecule has 0 aromatic carbocycles. The number of thioether (sulfide) groups is 2. The van der Waals surface area contributed by atoms with Crippen LogP contribution >= 0.6 is 46.2 Å². The molecule has 0 unspecified atom stereocenters. The molecular weight excluding hydrogens is 615 g/mol. The number of hydrogen-bond donors (Lipinski definition) is 1. The maximum atomic E-state index is 15.1. The largest absolute Gasteiger partial charge is 0.449 e. The van der Waals surface area contributed by atoms with E-state index in [4.69, 9.17) is 24.7 Å². The number of ketones is 2. The van der Waals surface area contributed by atoms with E-state index in [1.54, 1.807) is 33.0 Å². The van der Waals surface area contributed by atoms with Crippen molar-refractivity contribution in [1.29, 1.82) is 0 Å². The van der Waals surface area contributed by atoms with E-state index < -0.39 is 45.2 Å². The number of carbonyl (C=O) groups excluding carboxylic acids is 4. The number of piperazine rings is 1. The van der Waals surface area contributed by atoms with Crippen LogP contribution in [0, 0.1) is 5.92 Å². The second-order valence-corrected chi connectivity index (χ2v) is 14.8. The van der Waals surface area contributed by atoms with Crippen LogP contribution in [-0.2, 0) is 33.3 Å². The zero-order valence-electron chi connectivity index (χ0n) is 21.6. The van der Waals surface area contributed by atoms with Gasteiger partial charge in [0.05, 0.1) is 30.9 Å². The Balaban J connectivity index is 1.44. The van der Waals surface area contributed by atoms with Gasteiger partial charge in [0.15, 0.2) is 14.4 Å². The van der Waals surface area contributed by atoms with E-state index in [9.17, 15) is 14.4 Å². The van der Waals surface area contributed by atoms with Crippen molar-refractivity contribution in [2.45, 2.75) is 43.3 Å². The number of nitrogens with two attached hydrogens (primary N) is 1. The summed E-state index contributed by atoms with van der Waals surface area (Å²) in [7, 11) is 1.46. The van der Waals surface area contributed by atoms with Gasteiger partial charge in [-0.1, -0.05) is 23.5 Å². The van der Waals surface area contributed by atoms with Crippen LogP contribution in [0.25, 0.3) is 0 Å². The first-order chi connectivity index (χ1) is 19.7. The maximum absolute atomic E-state index is 15.1. The highest BCUT2D eigenvalue weighted by atomic mass is 32.2. The monoisotopic (exact) mass is 637 g/mol. The summed E-state index contributed by atoms with van der Waals surface area (Å²) in [5, 5.41) is 3.56. The summed E-state index contributed by atoms with van der Waals surface area (Å²) in [4.78, 5) is 66.5. The fourth-order valence-electron chi connectivity index (χ4n) is 6.67. The van der Waals surface area contributed by atoms with Gasteiger partial charge in [0.25, 0.3) is 5.79 Å². The van der Waals surface area contributed by atoms with Crippen molar-refractivity contribution in [3.05, 3.63) is 34.4 Å². The quantitative estimate of drug-likeness (QED) is 0.342. The average Bonchev–Trinajstić information content (AvgIpc) is 3.59. The molecule has 216 valence electrons. The van der Waals surface area contributed by atoms with Gasteiger partial charge in [-0.25, -0.2) is 14.8 Å². The minimum Gasteiger partial charge on any atom is -0.449 e. The number of carbonyl (C=O) groups is 4. The molecular formula is C24H23N5O8S4.